The van der Waals surface area contributed by atoms with E-state index in [0.29, 0.717) is 15.8 Å². The highest BCUT2D eigenvalue weighted by atomic mass is 32.2. The lowest BCUT2D eigenvalue weighted by atomic mass is 9.99. The zero-order valence-electron chi connectivity index (χ0n) is 13.5. The number of fused-ring (bicyclic) bond motifs is 7. The average Bonchev–Trinajstić information content (AvgIpc) is 2.81. The third-order valence-electron chi connectivity index (χ3n) is 5.70. The van der Waals surface area contributed by atoms with Crippen molar-refractivity contribution in [3.05, 3.63) is 42.5 Å². The maximum Gasteiger partial charge on any atom is 0.207 e. The molecule has 0 atom stereocenters. The Labute approximate surface area is 142 Å². The van der Waals surface area contributed by atoms with E-state index in [0.717, 1.165) is 55.8 Å². The van der Waals surface area contributed by atoms with E-state index < -0.39 is 9.84 Å². The van der Waals surface area contributed by atoms with Gasteiger partial charge in [-0.05, 0) is 31.0 Å². The number of sulfone groups is 1. The van der Waals surface area contributed by atoms with Crippen molar-refractivity contribution in [2.75, 3.05) is 31.1 Å². The fraction of sp³-hybridized carbons (Fsp3) is 0.368. The Kier molecular flexibility index (Phi) is 3.06. The summed E-state index contributed by atoms with van der Waals surface area (Å²) >= 11 is 0. The summed E-state index contributed by atoms with van der Waals surface area (Å²) in [4.78, 5) is 5.91. The van der Waals surface area contributed by atoms with Crippen LogP contribution < -0.4 is 4.90 Å². The average molecular weight is 340 g/mol. The van der Waals surface area contributed by atoms with Crippen molar-refractivity contribution >= 4 is 15.5 Å². The lowest BCUT2D eigenvalue weighted by Gasteiger charge is -2.34. The minimum absolute atomic E-state index is 0.454. The van der Waals surface area contributed by atoms with Crippen molar-refractivity contribution in [1.29, 1.82) is 0 Å². The number of rotatable bonds is 1. The van der Waals surface area contributed by atoms with Crippen LogP contribution in [-0.2, 0) is 9.84 Å². The van der Waals surface area contributed by atoms with Gasteiger partial charge in [-0.25, -0.2) is 8.42 Å². The van der Waals surface area contributed by atoms with Crippen molar-refractivity contribution in [2.45, 2.75) is 28.7 Å². The summed E-state index contributed by atoms with van der Waals surface area (Å²) in [7, 11) is -3.39. The van der Waals surface area contributed by atoms with Crippen molar-refractivity contribution in [2.24, 2.45) is 0 Å². The van der Waals surface area contributed by atoms with Crippen LogP contribution in [0.5, 0.6) is 0 Å². The second-order valence-electron chi connectivity index (χ2n) is 6.92. The van der Waals surface area contributed by atoms with Gasteiger partial charge in [0.1, 0.15) is 0 Å². The molecule has 2 bridgehead atoms. The molecule has 0 aliphatic carbocycles. The SMILES string of the molecule is O=S1(=O)c2ccccc2-c2c(N3CCN4CCC3CC4)cccc21. The number of piperidine rings is 1. The second kappa shape index (κ2) is 5.07. The minimum atomic E-state index is -3.39. The second-order valence-corrected chi connectivity index (χ2v) is 8.80. The monoisotopic (exact) mass is 340 g/mol. The first kappa shape index (κ1) is 14.5. The van der Waals surface area contributed by atoms with E-state index >= 15 is 0 Å². The zero-order valence-corrected chi connectivity index (χ0v) is 14.3. The molecule has 0 spiro atoms. The van der Waals surface area contributed by atoms with Gasteiger partial charge in [0.25, 0.3) is 0 Å². The van der Waals surface area contributed by atoms with Crippen molar-refractivity contribution in [3.8, 4) is 11.1 Å². The van der Waals surface area contributed by atoms with E-state index in [1.165, 1.54) is 0 Å². The van der Waals surface area contributed by atoms with E-state index in [1.54, 1.807) is 12.1 Å². The van der Waals surface area contributed by atoms with Gasteiger partial charge in [-0.15, -0.1) is 0 Å². The largest absolute Gasteiger partial charge is 0.367 e. The molecule has 0 aromatic heterocycles. The summed E-state index contributed by atoms with van der Waals surface area (Å²) in [5.74, 6) is 0. The summed E-state index contributed by atoms with van der Waals surface area (Å²) in [6.07, 6.45) is 2.33. The predicted octanol–water partition coefficient (Wildman–Crippen LogP) is 2.78. The number of benzene rings is 2. The molecule has 0 saturated carbocycles. The van der Waals surface area contributed by atoms with Crippen molar-refractivity contribution < 1.29 is 8.42 Å². The molecule has 124 valence electrons. The van der Waals surface area contributed by atoms with E-state index in [2.05, 4.69) is 15.9 Å². The van der Waals surface area contributed by atoms with Crippen LogP contribution in [0.4, 0.5) is 5.69 Å². The van der Waals surface area contributed by atoms with Gasteiger partial charge in [-0.2, -0.15) is 0 Å². The smallest absolute Gasteiger partial charge is 0.207 e. The van der Waals surface area contributed by atoms with Crippen molar-refractivity contribution in [1.82, 2.24) is 4.90 Å². The highest BCUT2D eigenvalue weighted by Gasteiger charge is 2.37. The summed E-state index contributed by atoms with van der Waals surface area (Å²) in [5.41, 5.74) is 2.87. The number of nitrogens with zero attached hydrogens (tertiary/aromatic N) is 2. The standard InChI is InChI=1S/C19H20N2O2S/c22-24(23)17-6-2-1-4-15(17)19-16(5-3-7-18(19)24)21-13-12-20-10-8-14(21)9-11-20/h1-7,14H,8-13H2. The van der Waals surface area contributed by atoms with Crippen LogP contribution >= 0.6 is 0 Å². The first-order chi connectivity index (χ1) is 11.7. The molecule has 4 aliphatic rings. The highest BCUT2D eigenvalue weighted by molar-refractivity contribution is 7.92. The third-order valence-corrected chi connectivity index (χ3v) is 7.56. The van der Waals surface area contributed by atoms with Crippen LogP contribution in [0.2, 0.25) is 0 Å². The normalized spacial score (nSPS) is 26.8. The van der Waals surface area contributed by atoms with E-state index in [1.807, 2.05) is 24.3 Å². The summed E-state index contributed by atoms with van der Waals surface area (Å²) in [6, 6.07) is 13.7. The van der Waals surface area contributed by atoms with Crippen LogP contribution in [-0.4, -0.2) is 45.5 Å². The Morgan fingerprint density at radius 3 is 2.42 bits per heavy atom. The Morgan fingerprint density at radius 1 is 0.833 bits per heavy atom. The lowest BCUT2D eigenvalue weighted by molar-refractivity contribution is 0.250. The summed E-state index contributed by atoms with van der Waals surface area (Å²) in [5, 5.41) is 0. The minimum Gasteiger partial charge on any atom is -0.367 e. The quantitative estimate of drug-likeness (QED) is 0.683. The van der Waals surface area contributed by atoms with Gasteiger partial charge in [0.15, 0.2) is 0 Å². The molecule has 5 heteroatoms. The fourth-order valence-corrected chi connectivity index (χ4v) is 6.18. The van der Waals surface area contributed by atoms with Gasteiger partial charge < -0.3 is 9.80 Å². The third kappa shape index (κ3) is 1.91. The molecular weight excluding hydrogens is 320 g/mol. The van der Waals surface area contributed by atoms with Gasteiger partial charge in [0.05, 0.1) is 9.79 Å². The van der Waals surface area contributed by atoms with Crippen LogP contribution in [0.3, 0.4) is 0 Å². The molecule has 0 N–H and O–H groups in total. The molecule has 4 heterocycles. The molecule has 0 amide bonds. The summed E-state index contributed by atoms with van der Waals surface area (Å²) < 4.78 is 25.8. The molecule has 3 saturated heterocycles. The van der Waals surface area contributed by atoms with Crippen LogP contribution in [0.1, 0.15) is 12.8 Å². The zero-order chi connectivity index (χ0) is 16.3. The Balaban J connectivity index is 1.73. The van der Waals surface area contributed by atoms with Gasteiger partial charge in [0, 0.05) is 49.0 Å². The molecule has 2 aromatic carbocycles. The molecule has 4 aliphatic heterocycles. The van der Waals surface area contributed by atoms with Crippen LogP contribution in [0, 0.1) is 0 Å². The topological polar surface area (TPSA) is 40.6 Å². The Hall–Kier alpha value is -1.85. The van der Waals surface area contributed by atoms with E-state index in [4.69, 9.17) is 0 Å². The number of hydrogen-bond acceptors (Lipinski definition) is 4. The van der Waals surface area contributed by atoms with Gasteiger partial charge >= 0.3 is 0 Å². The van der Waals surface area contributed by atoms with Crippen LogP contribution in [0.15, 0.2) is 52.3 Å². The lowest BCUT2D eigenvalue weighted by Crippen LogP contribution is -2.38. The highest BCUT2D eigenvalue weighted by Crippen LogP contribution is 2.48. The maximum absolute atomic E-state index is 12.9. The molecule has 2 aromatic rings. The molecular formula is C19H20N2O2S. The van der Waals surface area contributed by atoms with Crippen LogP contribution in [0.25, 0.3) is 11.1 Å². The van der Waals surface area contributed by atoms with Gasteiger partial charge in [0.2, 0.25) is 9.84 Å². The molecule has 0 radical (unpaired) electrons. The molecule has 6 rings (SSSR count). The molecule has 24 heavy (non-hydrogen) atoms. The number of hydrogen-bond donors (Lipinski definition) is 0. The fourth-order valence-electron chi connectivity index (χ4n) is 4.48. The number of anilines is 1. The Bertz CT molecular complexity index is 915. The van der Waals surface area contributed by atoms with Crippen molar-refractivity contribution in [3.63, 3.8) is 0 Å². The Morgan fingerprint density at radius 2 is 1.58 bits per heavy atom. The maximum atomic E-state index is 12.9. The van der Waals surface area contributed by atoms with E-state index in [9.17, 15) is 8.42 Å². The molecule has 4 nitrogen and oxygen atoms in total. The van der Waals surface area contributed by atoms with Gasteiger partial charge in [-0.3, -0.25) is 0 Å². The van der Waals surface area contributed by atoms with E-state index in [-0.39, 0.29) is 0 Å². The molecule has 3 fully saturated rings. The predicted molar refractivity (Wildman–Crippen MR) is 94.1 cm³/mol. The first-order valence-corrected chi connectivity index (χ1v) is 10.1. The summed E-state index contributed by atoms with van der Waals surface area (Å²) in [6.45, 7) is 4.36. The molecule has 0 unspecified atom stereocenters. The van der Waals surface area contributed by atoms with Gasteiger partial charge in [-0.1, -0.05) is 24.3 Å². The first-order valence-electron chi connectivity index (χ1n) is 8.63.